The van der Waals surface area contributed by atoms with Gasteiger partial charge in [0.1, 0.15) is 0 Å². The lowest BCUT2D eigenvalue weighted by Gasteiger charge is -1.95. The number of benzene rings is 1. The van der Waals surface area contributed by atoms with E-state index in [1.807, 2.05) is 0 Å². The van der Waals surface area contributed by atoms with Gasteiger partial charge in [0.05, 0.1) is 6.61 Å². The molecule has 0 amide bonds. The molecule has 0 aliphatic heterocycles. The van der Waals surface area contributed by atoms with Crippen LogP contribution < -0.4 is 0 Å². The van der Waals surface area contributed by atoms with Crippen LogP contribution in [0.25, 0.3) is 10.9 Å². The van der Waals surface area contributed by atoms with E-state index in [1.165, 1.54) is 10.9 Å². The van der Waals surface area contributed by atoms with Crippen molar-refractivity contribution in [2.24, 2.45) is 0 Å². The normalized spacial score (nSPS) is 10.6. The fourth-order valence-corrected chi connectivity index (χ4v) is 1.81. The maximum atomic E-state index is 10.0. The summed E-state index contributed by atoms with van der Waals surface area (Å²) in [5, 5.41) is 1.22. The third-order valence-electron chi connectivity index (χ3n) is 2.71. The topological polar surface area (TPSA) is 42.1 Å². The first-order valence-electron chi connectivity index (χ1n) is 5.49. The number of aromatic nitrogens is 1. The van der Waals surface area contributed by atoms with Crippen molar-refractivity contribution < 1.29 is 9.53 Å². The number of aryl methyl sites for hydroxylation is 1. The first kappa shape index (κ1) is 10.7. The fraction of sp³-hybridized carbons (Fsp3) is 0.308. The molecule has 16 heavy (non-hydrogen) atoms. The smallest absolute Gasteiger partial charge is 0.293 e. The average molecular weight is 217 g/mol. The highest BCUT2D eigenvalue weighted by Crippen LogP contribution is 2.17. The number of nitrogens with one attached hydrogen (secondary N) is 1. The summed E-state index contributed by atoms with van der Waals surface area (Å²) >= 11 is 0. The molecule has 0 radical (unpaired) electrons. The van der Waals surface area contributed by atoms with Crippen LogP contribution in [0.3, 0.4) is 0 Å². The van der Waals surface area contributed by atoms with Gasteiger partial charge in [0.2, 0.25) is 0 Å². The lowest BCUT2D eigenvalue weighted by atomic mass is 10.1. The summed E-state index contributed by atoms with van der Waals surface area (Å²) in [7, 11) is 0. The Hall–Kier alpha value is -1.77. The minimum atomic E-state index is 0.428. The second kappa shape index (κ2) is 4.84. The molecule has 0 atom stereocenters. The number of H-pyrrole nitrogens is 1. The Morgan fingerprint density at radius 2 is 2.25 bits per heavy atom. The van der Waals surface area contributed by atoms with Gasteiger partial charge in [-0.2, -0.15) is 0 Å². The Kier molecular flexibility index (Phi) is 3.25. The molecule has 0 saturated carbocycles. The second-order valence-electron chi connectivity index (χ2n) is 3.79. The van der Waals surface area contributed by atoms with Crippen LogP contribution in [-0.2, 0) is 22.4 Å². The van der Waals surface area contributed by atoms with Crippen LogP contribution in [0.4, 0.5) is 0 Å². The Bertz CT molecular complexity index is 488. The van der Waals surface area contributed by atoms with Gasteiger partial charge < -0.3 is 9.72 Å². The minimum absolute atomic E-state index is 0.428. The average Bonchev–Trinajstić information content (AvgIpc) is 2.70. The summed E-state index contributed by atoms with van der Waals surface area (Å²) in [6, 6.07) is 8.53. The Morgan fingerprint density at radius 3 is 3.00 bits per heavy atom. The van der Waals surface area contributed by atoms with Crippen LogP contribution in [-0.4, -0.2) is 18.1 Å². The fourth-order valence-electron chi connectivity index (χ4n) is 1.81. The summed E-state index contributed by atoms with van der Waals surface area (Å²) in [6.45, 7) is 3.06. The molecule has 3 heteroatoms. The van der Waals surface area contributed by atoms with Crippen LogP contribution in [0.15, 0.2) is 24.3 Å². The Labute approximate surface area is 94.4 Å². The molecule has 84 valence electrons. The zero-order chi connectivity index (χ0) is 11.4. The molecule has 1 N–H and O–H groups in total. The quantitative estimate of drug-likeness (QED) is 0.617. The molecular weight excluding hydrogens is 202 g/mol. The molecule has 1 heterocycles. The van der Waals surface area contributed by atoms with Crippen molar-refractivity contribution in [2.75, 3.05) is 6.61 Å². The van der Waals surface area contributed by atoms with E-state index in [0.29, 0.717) is 13.1 Å². The molecule has 0 spiro atoms. The van der Waals surface area contributed by atoms with E-state index >= 15 is 0 Å². The van der Waals surface area contributed by atoms with Gasteiger partial charge >= 0.3 is 0 Å². The molecule has 0 unspecified atom stereocenters. The molecule has 0 bridgehead atoms. The standard InChI is InChI=1S/C13H15NO2/c1-2-10-3-4-13-11(7-10)8-12(14-13)5-6-16-9-15/h3-4,7-9,14H,2,5-6H2,1H3. The van der Waals surface area contributed by atoms with Crippen molar-refractivity contribution in [3.8, 4) is 0 Å². The number of carbonyl (C=O) groups is 1. The molecule has 3 nitrogen and oxygen atoms in total. The highest BCUT2D eigenvalue weighted by Gasteiger charge is 2.01. The highest BCUT2D eigenvalue weighted by molar-refractivity contribution is 5.81. The predicted molar refractivity (Wildman–Crippen MR) is 63.4 cm³/mol. The van der Waals surface area contributed by atoms with Crippen molar-refractivity contribution in [1.82, 2.24) is 4.98 Å². The lowest BCUT2D eigenvalue weighted by Crippen LogP contribution is -1.96. The van der Waals surface area contributed by atoms with Gasteiger partial charge in [-0.15, -0.1) is 0 Å². The largest absolute Gasteiger partial charge is 0.467 e. The van der Waals surface area contributed by atoms with Gasteiger partial charge in [0, 0.05) is 17.6 Å². The number of fused-ring (bicyclic) bond motifs is 1. The zero-order valence-corrected chi connectivity index (χ0v) is 9.32. The number of carbonyl (C=O) groups excluding carboxylic acids is 1. The maximum Gasteiger partial charge on any atom is 0.293 e. The van der Waals surface area contributed by atoms with Gasteiger partial charge in [0.15, 0.2) is 0 Å². The van der Waals surface area contributed by atoms with Crippen molar-refractivity contribution in [3.63, 3.8) is 0 Å². The van der Waals surface area contributed by atoms with E-state index in [1.54, 1.807) is 0 Å². The van der Waals surface area contributed by atoms with Gasteiger partial charge in [-0.3, -0.25) is 4.79 Å². The summed E-state index contributed by atoms with van der Waals surface area (Å²) in [6.07, 6.45) is 1.78. The second-order valence-corrected chi connectivity index (χ2v) is 3.79. The van der Waals surface area contributed by atoms with Crippen LogP contribution in [0, 0.1) is 0 Å². The molecular formula is C13H15NO2. The van der Waals surface area contributed by atoms with Crippen molar-refractivity contribution in [3.05, 3.63) is 35.5 Å². The molecule has 0 saturated heterocycles. The van der Waals surface area contributed by atoms with Crippen molar-refractivity contribution in [2.45, 2.75) is 19.8 Å². The molecule has 1 aromatic heterocycles. The van der Waals surface area contributed by atoms with Crippen LogP contribution >= 0.6 is 0 Å². The predicted octanol–water partition coefficient (Wildman–Crippen LogP) is 2.45. The van der Waals surface area contributed by atoms with Crippen molar-refractivity contribution >= 4 is 17.4 Å². The number of hydrogen-bond acceptors (Lipinski definition) is 2. The number of hydrogen-bond donors (Lipinski definition) is 1. The van der Waals surface area contributed by atoms with Gasteiger partial charge in [0.25, 0.3) is 6.47 Å². The number of aromatic amines is 1. The number of rotatable bonds is 5. The SMILES string of the molecule is CCc1ccc2[nH]c(CCOC=O)cc2c1. The molecule has 2 aromatic rings. The van der Waals surface area contributed by atoms with Crippen molar-refractivity contribution in [1.29, 1.82) is 0 Å². The first-order chi connectivity index (χ1) is 7.83. The third kappa shape index (κ3) is 2.24. The summed E-state index contributed by atoms with van der Waals surface area (Å²) in [5.41, 5.74) is 3.57. The van der Waals surface area contributed by atoms with E-state index in [-0.39, 0.29) is 0 Å². The molecule has 0 aliphatic rings. The van der Waals surface area contributed by atoms with Crippen LogP contribution in [0.2, 0.25) is 0 Å². The minimum Gasteiger partial charge on any atom is -0.467 e. The number of ether oxygens (including phenoxy) is 1. The summed E-state index contributed by atoms with van der Waals surface area (Å²) in [5.74, 6) is 0. The third-order valence-corrected chi connectivity index (χ3v) is 2.71. The van der Waals surface area contributed by atoms with Crippen LogP contribution in [0.1, 0.15) is 18.2 Å². The van der Waals surface area contributed by atoms with E-state index in [2.05, 4.69) is 40.9 Å². The van der Waals surface area contributed by atoms with Crippen LogP contribution in [0.5, 0.6) is 0 Å². The Balaban J connectivity index is 2.19. The first-order valence-corrected chi connectivity index (χ1v) is 5.49. The summed E-state index contributed by atoms with van der Waals surface area (Å²) in [4.78, 5) is 13.3. The van der Waals surface area contributed by atoms with Gasteiger partial charge in [-0.05, 0) is 35.6 Å². The van der Waals surface area contributed by atoms with E-state index in [4.69, 9.17) is 0 Å². The zero-order valence-electron chi connectivity index (χ0n) is 9.32. The van der Waals surface area contributed by atoms with E-state index < -0.39 is 0 Å². The van der Waals surface area contributed by atoms with Gasteiger partial charge in [-0.25, -0.2) is 0 Å². The monoisotopic (exact) mass is 217 g/mol. The molecule has 0 fully saturated rings. The molecule has 2 rings (SSSR count). The van der Waals surface area contributed by atoms with E-state index in [0.717, 1.165) is 24.1 Å². The molecule has 1 aromatic carbocycles. The van der Waals surface area contributed by atoms with E-state index in [9.17, 15) is 4.79 Å². The Morgan fingerprint density at radius 1 is 1.38 bits per heavy atom. The lowest BCUT2D eigenvalue weighted by molar-refractivity contribution is -0.128. The summed E-state index contributed by atoms with van der Waals surface area (Å²) < 4.78 is 4.68. The maximum absolute atomic E-state index is 10.0. The van der Waals surface area contributed by atoms with Gasteiger partial charge in [-0.1, -0.05) is 13.0 Å². The molecule has 0 aliphatic carbocycles. The highest BCUT2D eigenvalue weighted by atomic mass is 16.5.